The molecule has 0 radical (unpaired) electrons. The lowest BCUT2D eigenvalue weighted by Crippen LogP contribution is -1.95. The summed E-state index contributed by atoms with van der Waals surface area (Å²) in [5.41, 5.74) is 7.85. The molecule has 4 heteroatoms. The van der Waals surface area contributed by atoms with Crippen molar-refractivity contribution in [2.45, 2.75) is 6.92 Å². The molecule has 1 rings (SSSR count). The maximum absolute atomic E-state index is 10.8. The minimum Gasteiger partial charge on any atom is -0.466 e. The van der Waals surface area contributed by atoms with Crippen LogP contribution in [0.5, 0.6) is 0 Å². The Hall–Kier alpha value is -1.84. The van der Waals surface area contributed by atoms with E-state index in [2.05, 4.69) is 9.72 Å². The van der Waals surface area contributed by atoms with Gasteiger partial charge in [0.15, 0.2) is 0 Å². The first-order chi connectivity index (χ1) is 6.63. The molecule has 0 aromatic carbocycles. The third kappa shape index (κ3) is 2.58. The Morgan fingerprint density at radius 1 is 1.64 bits per heavy atom. The number of nitrogens with zero attached hydrogens (tertiary/aromatic N) is 1. The number of nitrogens with two attached hydrogens (primary N) is 1. The predicted molar refractivity (Wildman–Crippen MR) is 54.4 cm³/mol. The number of carbonyl (C=O) groups excluding carboxylic acids is 1. The molecule has 0 saturated heterocycles. The summed E-state index contributed by atoms with van der Waals surface area (Å²) in [4.78, 5) is 14.8. The number of carbonyl (C=O) groups is 1. The van der Waals surface area contributed by atoms with Crippen LogP contribution in [-0.4, -0.2) is 18.1 Å². The molecular weight excluding hydrogens is 180 g/mol. The third-order valence-corrected chi connectivity index (χ3v) is 1.76. The number of rotatable bonds is 2. The SMILES string of the molecule is COC(=O)C=Cc1cc(C)c(N)cn1. The van der Waals surface area contributed by atoms with Crippen molar-refractivity contribution >= 4 is 17.7 Å². The zero-order chi connectivity index (χ0) is 10.6. The lowest BCUT2D eigenvalue weighted by atomic mass is 10.2. The van der Waals surface area contributed by atoms with Crippen molar-refractivity contribution < 1.29 is 9.53 Å². The highest BCUT2D eigenvalue weighted by molar-refractivity contribution is 5.86. The van der Waals surface area contributed by atoms with Crippen LogP contribution in [0.2, 0.25) is 0 Å². The Balaban J connectivity index is 2.83. The summed E-state index contributed by atoms with van der Waals surface area (Å²) in [5, 5.41) is 0. The van der Waals surface area contributed by atoms with Crippen molar-refractivity contribution in [2.24, 2.45) is 0 Å². The molecule has 2 N–H and O–H groups in total. The van der Waals surface area contributed by atoms with Crippen LogP contribution in [0, 0.1) is 6.92 Å². The summed E-state index contributed by atoms with van der Waals surface area (Å²) < 4.78 is 4.45. The van der Waals surface area contributed by atoms with E-state index in [0.29, 0.717) is 11.4 Å². The Bertz CT molecular complexity index is 372. The van der Waals surface area contributed by atoms with Gasteiger partial charge in [-0.2, -0.15) is 0 Å². The van der Waals surface area contributed by atoms with Crippen LogP contribution in [0.3, 0.4) is 0 Å². The van der Waals surface area contributed by atoms with Crippen LogP contribution in [0.15, 0.2) is 18.3 Å². The molecule has 0 atom stereocenters. The van der Waals surface area contributed by atoms with E-state index in [4.69, 9.17) is 5.73 Å². The van der Waals surface area contributed by atoms with Gasteiger partial charge in [-0.3, -0.25) is 4.98 Å². The van der Waals surface area contributed by atoms with Gasteiger partial charge in [0.25, 0.3) is 0 Å². The largest absolute Gasteiger partial charge is 0.466 e. The topological polar surface area (TPSA) is 65.2 Å². The van der Waals surface area contributed by atoms with Gasteiger partial charge in [0.1, 0.15) is 0 Å². The van der Waals surface area contributed by atoms with Crippen LogP contribution in [0.25, 0.3) is 6.08 Å². The Kier molecular flexibility index (Phi) is 3.23. The molecule has 0 fully saturated rings. The van der Waals surface area contributed by atoms with E-state index in [-0.39, 0.29) is 0 Å². The fourth-order valence-electron chi connectivity index (χ4n) is 0.901. The summed E-state index contributed by atoms with van der Waals surface area (Å²) in [7, 11) is 1.33. The Morgan fingerprint density at radius 3 is 2.93 bits per heavy atom. The molecule has 0 spiro atoms. The van der Waals surface area contributed by atoms with Crippen LogP contribution in [0.1, 0.15) is 11.3 Å². The molecule has 1 aromatic heterocycles. The molecule has 0 saturated carbocycles. The lowest BCUT2D eigenvalue weighted by Gasteiger charge is -1.99. The number of esters is 1. The standard InChI is InChI=1S/C10H12N2O2/c1-7-5-8(12-6-9(7)11)3-4-10(13)14-2/h3-6H,11H2,1-2H3. The summed E-state index contributed by atoms with van der Waals surface area (Å²) in [5.74, 6) is -0.402. The number of hydrogen-bond donors (Lipinski definition) is 1. The molecule has 4 nitrogen and oxygen atoms in total. The van der Waals surface area contributed by atoms with Gasteiger partial charge < -0.3 is 10.5 Å². The molecule has 0 amide bonds. The van der Waals surface area contributed by atoms with Gasteiger partial charge in [0.2, 0.25) is 0 Å². The van der Waals surface area contributed by atoms with Crippen LogP contribution in [0.4, 0.5) is 5.69 Å². The number of hydrogen-bond acceptors (Lipinski definition) is 4. The Labute approximate surface area is 82.4 Å². The van der Waals surface area contributed by atoms with Crippen molar-refractivity contribution in [3.63, 3.8) is 0 Å². The molecule has 14 heavy (non-hydrogen) atoms. The number of aryl methyl sites for hydroxylation is 1. The summed E-state index contributed by atoms with van der Waals surface area (Å²) in [6.45, 7) is 1.88. The minimum absolute atomic E-state index is 0.402. The van der Waals surface area contributed by atoms with Crippen molar-refractivity contribution in [3.05, 3.63) is 29.6 Å². The summed E-state index contributed by atoms with van der Waals surface area (Å²) in [6.07, 6.45) is 4.46. The predicted octanol–water partition coefficient (Wildman–Crippen LogP) is 1.16. The van der Waals surface area contributed by atoms with Crippen molar-refractivity contribution in [3.8, 4) is 0 Å². The first-order valence-electron chi connectivity index (χ1n) is 4.11. The molecule has 0 aliphatic carbocycles. The third-order valence-electron chi connectivity index (χ3n) is 1.76. The zero-order valence-electron chi connectivity index (χ0n) is 8.15. The fourth-order valence-corrected chi connectivity index (χ4v) is 0.901. The molecule has 0 aliphatic rings. The highest BCUT2D eigenvalue weighted by Crippen LogP contribution is 2.10. The molecule has 0 aliphatic heterocycles. The van der Waals surface area contributed by atoms with Gasteiger partial charge in [-0.15, -0.1) is 0 Å². The van der Waals surface area contributed by atoms with E-state index in [0.717, 1.165) is 5.56 Å². The zero-order valence-corrected chi connectivity index (χ0v) is 8.15. The summed E-state index contributed by atoms with van der Waals surface area (Å²) >= 11 is 0. The van der Waals surface area contributed by atoms with E-state index < -0.39 is 5.97 Å². The second-order valence-corrected chi connectivity index (χ2v) is 2.82. The second kappa shape index (κ2) is 4.41. The van der Waals surface area contributed by atoms with Gasteiger partial charge in [0.05, 0.1) is 24.7 Å². The maximum atomic E-state index is 10.8. The molecule has 0 bridgehead atoms. The molecular formula is C10H12N2O2. The van der Waals surface area contributed by atoms with Crippen molar-refractivity contribution in [1.29, 1.82) is 0 Å². The summed E-state index contributed by atoms with van der Waals surface area (Å²) in [6, 6.07) is 1.80. The van der Waals surface area contributed by atoms with E-state index in [1.54, 1.807) is 18.3 Å². The van der Waals surface area contributed by atoms with Crippen molar-refractivity contribution in [1.82, 2.24) is 4.98 Å². The van der Waals surface area contributed by atoms with Crippen LogP contribution in [-0.2, 0) is 9.53 Å². The van der Waals surface area contributed by atoms with E-state index in [1.165, 1.54) is 13.2 Å². The number of pyridine rings is 1. The average Bonchev–Trinajstić information content (AvgIpc) is 2.19. The number of methoxy groups -OCH3 is 1. The highest BCUT2D eigenvalue weighted by Gasteiger charge is 1.96. The van der Waals surface area contributed by atoms with Crippen LogP contribution >= 0.6 is 0 Å². The van der Waals surface area contributed by atoms with Gasteiger partial charge in [-0.1, -0.05) is 0 Å². The smallest absolute Gasteiger partial charge is 0.330 e. The lowest BCUT2D eigenvalue weighted by molar-refractivity contribution is -0.134. The monoisotopic (exact) mass is 192 g/mol. The van der Waals surface area contributed by atoms with E-state index >= 15 is 0 Å². The van der Waals surface area contributed by atoms with Gasteiger partial charge in [-0.05, 0) is 24.6 Å². The highest BCUT2D eigenvalue weighted by atomic mass is 16.5. The molecule has 0 unspecified atom stereocenters. The Morgan fingerprint density at radius 2 is 2.36 bits per heavy atom. The fraction of sp³-hybridized carbons (Fsp3) is 0.200. The first kappa shape index (κ1) is 10.2. The maximum Gasteiger partial charge on any atom is 0.330 e. The molecule has 74 valence electrons. The second-order valence-electron chi connectivity index (χ2n) is 2.82. The van der Waals surface area contributed by atoms with E-state index in [9.17, 15) is 4.79 Å². The molecule has 1 aromatic rings. The average molecular weight is 192 g/mol. The number of anilines is 1. The molecule has 1 heterocycles. The number of aromatic nitrogens is 1. The number of nitrogen functional groups attached to an aromatic ring is 1. The van der Waals surface area contributed by atoms with Gasteiger partial charge in [0, 0.05) is 6.08 Å². The van der Waals surface area contributed by atoms with Gasteiger partial charge in [-0.25, -0.2) is 4.79 Å². The number of ether oxygens (including phenoxy) is 1. The first-order valence-corrected chi connectivity index (χ1v) is 4.11. The normalized spacial score (nSPS) is 10.4. The van der Waals surface area contributed by atoms with Gasteiger partial charge >= 0.3 is 5.97 Å². The minimum atomic E-state index is -0.402. The van der Waals surface area contributed by atoms with Crippen LogP contribution < -0.4 is 5.73 Å². The quantitative estimate of drug-likeness (QED) is 0.564. The van der Waals surface area contributed by atoms with E-state index in [1.807, 2.05) is 6.92 Å². The van der Waals surface area contributed by atoms with Crippen molar-refractivity contribution in [2.75, 3.05) is 12.8 Å².